The molecule has 1 aromatic rings. The minimum absolute atomic E-state index is 0.00628. The second kappa shape index (κ2) is 8.24. The highest BCUT2D eigenvalue weighted by molar-refractivity contribution is 7.72. The van der Waals surface area contributed by atoms with Gasteiger partial charge in [-0.1, -0.05) is 30.3 Å². The predicted molar refractivity (Wildman–Crippen MR) is 70.7 cm³/mol. The molecule has 0 unspecified atom stereocenters. The van der Waals surface area contributed by atoms with Gasteiger partial charge < -0.3 is 9.05 Å². The van der Waals surface area contributed by atoms with Crippen LogP contribution >= 0.6 is 7.60 Å². The van der Waals surface area contributed by atoms with E-state index in [0.29, 0.717) is 0 Å². The summed E-state index contributed by atoms with van der Waals surface area (Å²) in [5, 5.41) is 16.9. The van der Waals surface area contributed by atoms with Crippen molar-refractivity contribution in [3.8, 4) is 12.1 Å². The highest BCUT2D eigenvalue weighted by Crippen LogP contribution is 2.51. The Hall–Kier alpha value is -1.98. The first-order chi connectivity index (χ1) is 9.64. The van der Waals surface area contributed by atoms with E-state index < -0.39 is 13.1 Å². The van der Waals surface area contributed by atoms with Gasteiger partial charge in [0, 0.05) is 5.56 Å². The fraction of sp³-hybridized carbons (Fsp3) is 0.308. The van der Waals surface area contributed by atoms with Gasteiger partial charge in [-0.25, -0.2) is 0 Å². The fourth-order valence-corrected chi connectivity index (χ4v) is 2.75. The average molecular weight is 292 g/mol. The van der Waals surface area contributed by atoms with Crippen LogP contribution in [-0.4, -0.2) is 18.7 Å². The smallest absolute Gasteiger partial charge is 0.302 e. The van der Waals surface area contributed by atoms with Crippen molar-refractivity contribution in [1.29, 1.82) is 10.5 Å². The van der Waals surface area contributed by atoms with Crippen LogP contribution in [0.5, 0.6) is 0 Å². The van der Waals surface area contributed by atoms with Crippen LogP contribution in [0.25, 0.3) is 0 Å². The molecule has 1 aromatic carbocycles. The summed E-state index contributed by atoms with van der Waals surface area (Å²) in [6.45, 7) is -0.336. The molecule has 1 rings (SSSR count). The number of nitriles is 2. The Kier molecular flexibility index (Phi) is 6.63. The van der Waals surface area contributed by atoms with Gasteiger partial charge in [-0.3, -0.25) is 9.36 Å². The van der Waals surface area contributed by atoms with Gasteiger partial charge >= 0.3 is 7.60 Å². The molecule has 0 aliphatic heterocycles. The predicted octanol–water partition coefficient (Wildman–Crippen LogP) is 2.88. The molecule has 0 saturated heterocycles. The van der Waals surface area contributed by atoms with Crippen molar-refractivity contribution in [1.82, 2.24) is 0 Å². The number of benzene rings is 1. The quantitative estimate of drug-likeness (QED) is 0.539. The van der Waals surface area contributed by atoms with Gasteiger partial charge in [0.15, 0.2) is 0 Å². The molecule has 104 valence electrons. The molecular weight excluding hydrogens is 279 g/mol. The number of rotatable bonds is 8. The van der Waals surface area contributed by atoms with Crippen LogP contribution < -0.4 is 0 Å². The Bertz CT molecular complexity index is 550. The minimum Gasteiger partial charge on any atom is -0.302 e. The average Bonchev–Trinajstić information content (AvgIpc) is 2.48. The van der Waals surface area contributed by atoms with Gasteiger partial charge in [0.1, 0.15) is 0 Å². The normalized spacial score (nSPS) is 10.5. The summed E-state index contributed by atoms with van der Waals surface area (Å²) in [4.78, 5) is 12.2. The number of carbonyl (C=O) groups is 1. The first-order valence-corrected chi connectivity index (χ1v) is 7.41. The van der Waals surface area contributed by atoms with Gasteiger partial charge in [0.05, 0.1) is 38.2 Å². The molecule has 0 aliphatic rings. The van der Waals surface area contributed by atoms with E-state index in [2.05, 4.69) is 0 Å². The van der Waals surface area contributed by atoms with E-state index >= 15 is 0 Å². The summed E-state index contributed by atoms with van der Waals surface area (Å²) in [6, 6.07) is 11.6. The van der Waals surface area contributed by atoms with Crippen LogP contribution in [0.4, 0.5) is 0 Å². The van der Waals surface area contributed by atoms with Gasteiger partial charge in [-0.15, -0.1) is 0 Å². The molecule has 20 heavy (non-hydrogen) atoms. The van der Waals surface area contributed by atoms with Crippen molar-refractivity contribution in [3.05, 3.63) is 35.9 Å². The van der Waals surface area contributed by atoms with Crippen molar-refractivity contribution in [2.75, 3.05) is 13.2 Å². The fourth-order valence-electron chi connectivity index (χ4n) is 1.32. The van der Waals surface area contributed by atoms with E-state index in [-0.39, 0.29) is 31.6 Å². The molecule has 0 spiro atoms. The highest BCUT2D eigenvalue weighted by Gasteiger charge is 2.35. The van der Waals surface area contributed by atoms with E-state index in [1.807, 2.05) is 12.1 Å². The van der Waals surface area contributed by atoms with Gasteiger partial charge in [0.2, 0.25) is 0 Å². The van der Waals surface area contributed by atoms with E-state index in [0.717, 1.165) is 0 Å². The third kappa shape index (κ3) is 4.60. The molecule has 7 heteroatoms. The summed E-state index contributed by atoms with van der Waals surface area (Å²) in [5.74, 6) is 0. The van der Waals surface area contributed by atoms with Crippen molar-refractivity contribution in [2.45, 2.75) is 12.8 Å². The van der Waals surface area contributed by atoms with Crippen LogP contribution in [0.1, 0.15) is 23.2 Å². The third-order valence-electron chi connectivity index (χ3n) is 2.22. The van der Waals surface area contributed by atoms with Crippen LogP contribution in [0.15, 0.2) is 30.3 Å². The molecule has 0 radical (unpaired) electrons. The van der Waals surface area contributed by atoms with Crippen LogP contribution in [0.2, 0.25) is 0 Å². The van der Waals surface area contributed by atoms with Crippen molar-refractivity contribution in [3.63, 3.8) is 0 Å². The van der Waals surface area contributed by atoms with E-state index in [4.69, 9.17) is 19.6 Å². The van der Waals surface area contributed by atoms with E-state index in [9.17, 15) is 9.36 Å². The molecule has 0 amide bonds. The Balaban J connectivity index is 2.86. The lowest BCUT2D eigenvalue weighted by Gasteiger charge is -2.16. The number of hydrogen-bond acceptors (Lipinski definition) is 6. The van der Waals surface area contributed by atoms with Crippen molar-refractivity contribution in [2.24, 2.45) is 0 Å². The summed E-state index contributed by atoms with van der Waals surface area (Å²) in [7, 11) is -4.03. The second-order valence-corrected chi connectivity index (χ2v) is 5.57. The molecule has 0 atom stereocenters. The number of carbonyl (C=O) groups excluding carboxylic acids is 1. The zero-order chi connectivity index (χ0) is 14.8. The zero-order valence-electron chi connectivity index (χ0n) is 10.7. The summed E-state index contributed by atoms with van der Waals surface area (Å²) in [5.41, 5.74) is -0.571. The Morgan fingerprint density at radius 3 is 2.00 bits per heavy atom. The van der Waals surface area contributed by atoms with Crippen molar-refractivity contribution < 1.29 is 18.4 Å². The minimum atomic E-state index is -4.03. The van der Waals surface area contributed by atoms with Crippen LogP contribution in [-0.2, 0) is 13.6 Å². The SMILES string of the molecule is N#CCCOP(=O)(OCCC#N)C(=O)c1ccccc1. The summed E-state index contributed by atoms with van der Waals surface area (Å²) >= 11 is 0. The Labute approximate surface area is 117 Å². The monoisotopic (exact) mass is 292 g/mol. The maximum absolute atomic E-state index is 12.5. The molecule has 0 N–H and O–H groups in total. The van der Waals surface area contributed by atoms with Gasteiger partial charge in [0.25, 0.3) is 5.52 Å². The van der Waals surface area contributed by atoms with Gasteiger partial charge in [-0.05, 0) is 0 Å². The second-order valence-electron chi connectivity index (χ2n) is 3.65. The highest BCUT2D eigenvalue weighted by atomic mass is 31.2. The molecule has 6 nitrogen and oxygen atoms in total. The van der Waals surface area contributed by atoms with E-state index in [1.165, 1.54) is 12.1 Å². The van der Waals surface area contributed by atoms with Crippen LogP contribution in [0.3, 0.4) is 0 Å². The molecule has 0 bridgehead atoms. The molecule has 0 aliphatic carbocycles. The maximum atomic E-state index is 12.5. The standard InChI is InChI=1S/C13H13N2O4P/c14-8-4-10-18-20(17,19-11-5-9-15)13(16)12-6-2-1-3-7-12/h1-3,6-7H,4-5,10-11H2. The van der Waals surface area contributed by atoms with Gasteiger partial charge in [-0.2, -0.15) is 10.5 Å². The Morgan fingerprint density at radius 1 is 1.05 bits per heavy atom. The van der Waals surface area contributed by atoms with Crippen molar-refractivity contribution >= 4 is 13.1 Å². The molecule has 0 aromatic heterocycles. The summed E-state index contributed by atoms with van der Waals surface area (Å²) < 4.78 is 22.4. The third-order valence-corrected chi connectivity index (χ3v) is 4.02. The first-order valence-electron chi connectivity index (χ1n) is 5.87. The number of hydrogen-bond donors (Lipinski definition) is 0. The number of nitrogens with zero attached hydrogens (tertiary/aromatic N) is 2. The molecule has 0 heterocycles. The lowest BCUT2D eigenvalue weighted by Crippen LogP contribution is -2.09. The largest absolute Gasteiger partial charge is 0.401 e. The summed E-state index contributed by atoms with van der Waals surface area (Å²) in [6.07, 6.45) is -0.0126. The molecule has 0 saturated carbocycles. The van der Waals surface area contributed by atoms with E-state index in [1.54, 1.807) is 18.2 Å². The topological polar surface area (TPSA) is 100 Å². The lowest BCUT2D eigenvalue weighted by atomic mass is 10.2. The Morgan fingerprint density at radius 2 is 1.55 bits per heavy atom. The zero-order valence-corrected chi connectivity index (χ0v) is 11.6. The van der Waals surface area contributed by atoms with Crippen LogP contribution in [0, 0.1) is 22.7 Å². The lowest BCUT2D eigenvalue weighted by molar-refractivity contribution is 0.0997. The molecular formula is C13H13N2O4P. The first kappa shape index (κ1) is 16.1. The maximum Gasteiger partial charge on any atom is 0.401 e. The molecule has 0 fully saturated rings.